The number of aromatic nitrogens is 2. The minimum Gasteiger partial charge on any atom is -0.383 e. The number of halogens is 6. The Bertz CT molecular complexity index is 804. The summed E-state index contributed by atoms with van der Waals surface area (Å²) in [6.07, 6.45) is -4.63. The number of benzene rings is 1. The zero-order chi connectivity index (χ0) is 18.2. The van der Waals surface area contributed by atoms with Crippen LogP contribution in [0.2, 0.25) is 10.0 Å². The molecule has 0 aliphatic rings. The van der Waals surface area contributed by atoms with Crippen molar-refractivity contribution >= 4 is 40.8 Å². The summed E-state index contributed by atoms with van der Waals surface area (Å²) in [5.41, 5.74) is 3.11. The molecule has 2 N–H and O–H groups in total. The van der Waals surface area contributed by atoms with E-state index in [9.17, 15) is 17.6 Å². The van der Waals surface area contributed by atoms with Crippen molar-refractivity contribution in [1.29, 1.82) is 5.26 Å². The summed E-state index contributed by atoms with van der Waals surface area (Å²) in [5, 5.41) is 12.2. The van der Waals surface area contributed by atoms with E-state index >= 15 is 0 Å². The predicted octanol–water partition coefficient (Wildman–Crippen LogP) is 5.06. The first-order chi connectivity index (χ1) is 11.1. The van der Waals surface area contributed by atoms with Crippen LogP contribution in [0.4, 0.5) is 23.4 Å². The molecule has 0 radical (unpaired) electrons. The largest absolute Gasteiger partial charge is 0.416 e. The second-order valence-corrected chi connectivity index (χ2v) is 6.64. The van der Waals surface area contributed by atoms with Crippen LogP contribution in [-0.2, 0) is 6.18 Å². The third kappa shape index (κ3) is 3.55. The van der Waals surface area contributed by atoms with E-state index in [0.29, 0.717) is 23.9 Å². The average molecular weight is 399 g/mol. The molecule has 2 aromatic rings. The zero-order valence-electron chi connectivity index (χ0n) is 11.8. The third-order valence-corrected chi connectivity index (χ3v) is 4.36. The van der Waals surface area contributed by atoms with E-state index in [4.69, 9.17) is 34.2 Å². The highest BCUT2D eigenvalue weighted by Crippen LogP contribution is 2.40. The van der Waals surface area contributed by atoms with Crippen LogP contribution in [0.1, 0.15) is 18.2 Å². The molecule has 0 fully saturated rings. The van der Waals surface area contributed by atoms with E-state index in [1.165, 1.54) is 6.92 Å². The van der Waals surface area contributed by atoms with Gasteiger partial charge in [-0.05, 0) is 19.1 Å². The van der Waals surface area contributed by atoms with Crippen LogP contribution < -0.4 is 5.73 Å². The molecule has 1 aromatic heterocycles. The molecule has 0 spiro atoms. The summed E-state index contributed by atoms with van der Waals surface area (Å²) in [5.74, 6) is -0.149. The topological polar surface area (TPSA) is 67.6 Å². The quantitative estimate of drug-likeness (QED) is 0.579. The van der Waals surface area contributed by atoms with Gasteiger partial charge in [-0.1, -0.05) is 35.0 Å². The minimum absolute atomic E-state index is 0.0551. The van der Waals surface area contributed by atoms with Crippen LogP contribution in [0, 0.1) is 11.3 Å². The molecule has 4 nitrogen and oxygen atoms in total. The Morgan fingerprint density at radius 3 is 2.29 bits per heavy atom. The fraction of sp³-hybridized carbons (Fsp3) is 0.231. The summed E-state index contributed by atoms with van der Waals surface area (Å²) >= 11 is 12.4. The van der Waals surface area contributed by atoms with Gasteiger partial charge in [0.15, 0.2) is 5.69 Å². The lowest BCUT2D eigenvalue weighted by atomic mass is 10.2. The molecule has 1 heterocycles. The first-order valence-corrected chi connectivity index (χ1v) is 7.85. The van der Waals surface area contributed by atoms with Crippen LogP contribution in [0.25, 0.3) is 5.69 Å². The number of nitrogen functional groups attached to an aromatic ring is 1. The van der Waals surface area contributed by atoms with Gasteiger partial charge in [0, 0.05) is 0 Å². The second-order valence-electron chi connectivity index (χ2n) is 4.53. The molecule has 0 amide bonds. The van der Waals surface area contributed by atoms with Crippen LogP contribution in [0.15, 0.2) is 17.0 Å². The molecule has 128 valence electrons. The van der Waals surface area contributed by atoms with E-state index in [1.807, 2.05) is 0 Å². The van der Waals surface area contributed by atoms with Crippen molar-refractivity contribution < 1.29 is 17.6 Å². The van der Waals surface area contributed by atoms with Crippen LogP contribution in [0.5, 0.6) is 0 Å². The summed E-state index contributed by atoms with van der Waals surface area (Å²) in [4.78, 5) is 0.0551. The van der Waals surface area contributed by atoms with Crippen molar-refractivity contribution in [2.45, 2.75) is 23.5 Å². The van der Waals surface area contributed by atoms with Crippen molar-refractivity contribution in [2.24, 2.45) is 0 Å². The molecule has 0 saturated carbocycles. The summed E-state index contributed by atoms with van der Waals surface area (Å²) in [6, 6.07) is 3.08. The normalized spacial score (nSPS) is 12.9. The second kappa shape index (κ2) is 6.70. The van der Waals surface area contributed by atoms with Gasteiger partial charge in [0.05, 0.1) is 20.5 Å². The van der Waals surface area contributed by atoms with Crippen molar-refractivity contribution in [3.63, 3.8) is 0 Å². The van der Waals surface area contributed by atoms with Gasteiger partial charge >= 0.3 is 6.18 Å². The molecule has 1 atom stereocenters. The van der Waals surface area contributed by atoms with E-state index in [0.717, 1.165) is 4.68 Å². The van der Waals surface area contributed by atoms with Crippen molar-refractivity contribution in [3.8, 4) is 11.8 Å². The highest BCUT2D eigenvalue weighted by molar-refractivity contribution is 8.00. The van der Waals surface area contributed by atoms with Gasteiger partial charge < -0.3 is 5.73 Å². The lowest BCUT2D eigenvalue weighted by Gasteiger charge is -2.13. The Hall–Kier alpha value is -1.63. The van der Waals surface area contributed by atoms with Crippen LogP contribution in [0.3, 0.4) is 0 Å². The molecule has 1 aromatic carbocycles. The molecule has 24 heavy (non-hydrogen) atoms. The van der Waals surface area contributed by atoms with Gasteiger partial charge in [-0.25, -0.2) is 9.07 Å². The Kier molecular flexibility index (Phi) is 5.22. The summed E-state index contributed by atoms with van der Waals surface area (Å²) in [7, 11) is 0. The highest BCUT2D eigenvalue weighted by Gasteiger charge is 2.33. The van der Waals surface area contributed by atoms with Gasteiger partial charge in [0.2, 0.25) is 0 Å². The van der Waals surface area contributed by atoms with Crippen LogP contribution >= 0.6 is 35.0 Å². The van der Waals surface area contributed by atoms with E-state index in [-0.39, 0.29) is 32.1 Å². The number of thioether (sulfide) groups is 1. The maximum Gasteiger partial charge on any atom is 0.416 e. The summed E-state index contributed by atoms with van der Waals surface area (Å²) < 4.78 is 52.5. The fourth-order valence-electron chi connectivity index (χ4n) is 1.87. The number of nitrogens with zero attached hydrogens (tertiary/aromatic N) is 3. The molecule has 11 heteroatoms. The zero-order valence-corrected chi connectivity index (χ0v) is 14.2. The van der Waals surface area contributed by atoms with Crippen molar-refractivity contribution in [1.82, 2.24) is 9.78 Å². The molecule has 0 aliphatic heterocycles. The number of rotatable bonds is 3. The van der Waals surface area contributed by atoms with E-state index in [2.05, 4.69) is 5.10 Å². The smallest absolute Gasteiger partial charge is 0.383 e. The Labute approximate surface area is 148 Å². The first kappa shape index (κ1) is 18.7. The SMILES string of the molecule is CC(F)Sc1c(C#N)nn(-c2c(Cl)cc(C(F)(F)F)cc2Cl)c1N. The number of nitrogens with two attached hydrogens (primary N) is 1. The fourth-order valence-corrected chi connectivity index (χ4v) is 3.25. The summed E-state index contributed by atoms with van der Waals surface area (Å²) in [6.45, 7) is 1.24. The predicted molar refractivity (Wildman–Crippen MR) is 84.1 cm³/mol. The van der Waals surface area contributed by atoms with Gasteiger partial charge in [0.25, 0.3) is 0 Å². The van der Waals surface area contributed by atoms with Crippen LogP contribution in [-0.4, -0.2) is 15.3 Å². The number of anilines is 1. The highest BCUT2D eigenvalue weighted by atomic mass is 35.5. The lowest BCUT2D eigenvalue weighted by molar-refractivity contribution is -0.137. The molecule has 0 bridgehead atoms. The Balaban J connectivity index is 2.66. The molecular weight excluding hydrogens is 391 g/mol. The first-order valence-electron chi connectivity index (χ1n) is 6.22. The molecule has 1 unspecified atom stereocenters. The average Bonchev–Trinajstić information content (AvgIpc) is 2.74. The van der Waals surface area contributed by atoms with Crippen molar-refractivity contribution in [2.75, 3.05) is 5.73 Å². The number of hydrogen-bond acceptors (Lipinski definition) is 4. The van der Waals surface area contributed by atoms with Gasteiger partial charge in [-0.2, -0.15) is 23.5 Å². The lowest BCUT2D eigenvalue weighted by Crippen LogP contribution is -2.08. The molecule has 0 aliphatic carbocycles. The van der Waals surface area contributed by atoms with E-state index < -0.39 is 17.2 Å². The number of alkyl halides is 4. The maximum atomic E-state index is 13.2. The molecular formula is C13H8Cl2F4N4S. The third-order valence-electron chi connectivity index (χ3n) is 2.82. The van der Waals surface area contributed by atoms with Gasteiger partial charge in [-0.15, -0.1) is 0 Å². The Morgan fingerprint density at radius 1 is 1.33 bits per heavy atom. The standard InChI is InChI=1S/C13H8Cl2F4N4S/c1-5(16)24-11-9(4-20)22-23(12(11)21)10-7(14)2-6(3-8(10)15)13(17,18)19/h2-3,5H,21H2,1H3. The maximum absolute atomic E-state index is 13.2. The van der Waals surface area contributed by atoms with E-state index in [1.54, 1.807) is 6.07 Å². The molecule has 2 rings (SSSR count). The number of nitriles is 1. The Morgan fingerprint density at radius 2 is 1.88 bits per heavy atom. The van der Waals surface area contributed by atoms with Crippen molar-refractivity contribution in [3.05, 3.63) is 33.4 Å². The molecule has 0 saturated heterocycles. The van der Waals surface area contributed by atoms with Gasteiger partial charge in [-0.3, -0.25) is 0 Å². The monoisotopic (exact) mass is 398 g/mol. The number of hydrogen-bond donors (Lipinski definition) is 1. The minimum atomic E-state index is -4.63. The van der Waals surface area contributed by atoms with Gasteiger partial charge in [0.1, 0.15) is 23.1 Å².